The molecule has 3 rings (SSSR count). The third kappa shape index (κ3) is 4.29. The van der Waals surface area contributed by atoms with Crippen LogP contribution in [-0.2, 0) is 6.42 Å². The Kier molecular flexibility index (Phi) is 5.68. The second kappa shape index (κ2) is 8.15. The molecule has 2 aromatic rings. The number of piperazine rings is 1. The van der Waals surface area contributed by atoms with E-state index in [2.05, 4.69) is 24.2 Å². The molecule has 0 radical (unpaired) electrons. The summed E-state index contributed by atoms with van der Waals surface area (Å²) in [4.78, 5) is 29.0. The molecule has 1 aliphatic heterocycles. The second-order valence-corrected chi connectivity index (χ2v) is 6.68. The number of nitrogens with one attached hydrogen (secondary N) is 1. The lowest BCUT2D eigenvalue weighted by molar-refractivity contribution is 0.0664. The highest BCUT2D eigenvalue weighted by atomic mass is 16.2. The Hall–Kier alpha value is -2.66. The van der Waals surface area contributed by atoms with Gasteiger partial charge in [0.25, 0.3) is 11.8 Å². The molecule has 0 saturated carbocycles. The molecular weight excluding hydrogens is 326 g/mol. The van der Waals surface area contributed by atoms with Crippen molar-refractivity contribution < 1.29 is 9.59 Å². The molecule has 0 aliphatic carbocycles. The molecular formula is C21H25N3O2. The molecule has 2 aromatic carbocycles. The molecule has 2 amide bonds. The van der Waals surface area contributed by atoms with Gasteiger partial charge < -0.3 is 15.1 Å². The zero-order chi connectivity index (χ0) is 18.5. The van der Waals surface area contributed by atoms with Gasteiger partial charge in [-0.05, 0) is 55.4 Å². The third-order valence-corrected chi connectivity index (χ3v) is 4.80. The van der Waals surface area contributed by atoms with Crippen LogP contribution in [0.2, 0.25) is 0 Å². The number of likely N-dealkylation sites (N-methyl/N-ethyl adjacent to an activating group) is 1. The van der Waals surface area contributed by atoms with Crippen molar-refractivity contribution in [1.82, 2.24) is 9.80 Å². The Balaban J connectivity index is 1.62. The molecule has 0 unspecified atom stereocenters. The maximum absolute atomic E-state index is 12.5. The summed E-state index contributed by atoms with van der Waals surface area (Å²) in [6, 6.07) is 14.7. The lowest BCUT2D eigenvalue weighted by atomic mass is 10.1. The third-order valence-electron chi connectivity index (χ3n) is 4.80. The summed E-state index contributed by atoms with van der Waals surface area (Å²) in [7, 11) is 2.06. The summed E-state index contributed by atoms with van der Waals surface area (Å²) in [6.45, 7) is 5.36. The van der Waals surface area contributed by atoms with Gasteiger partial charge in [0, 0.05) is 43.0 Å². The van der Waals surface area contributed by atoms with Crippen molar-refractivity contribution in [3.63, 3.8) is 0 Å². The first-order valence-corrected chi connectivity index (χ1v) is 9.05. The Morgan fingerprint density at radius 3 is 2.04 bits per heavy atom. The van der Waals surface area contributed by atoms with Crippen LogP contribution < -0.4 is 5.32 Å². The number of rotatable bonds is 4. The Morgan fingerprint density at radius 1 is 0.885 bits per heavy atom. The standard InChI is InChI=1S/C21H25N3O2/c1-3-16-4-10-19(11-5-16)22-20(25)17-6-8-18(9-7-17)21(26)24-14-12-23(2)13-15-24/h4-11H,3,12-15H2,1-2H3,(H,22,25). The average molecular weight is 351 g/mol. The van der Waals surface area contributed by atoms with Gasteiger partial charge in [0.2, 0.25) is 0 Å². The molecule has 5 nitrogen and oxygen atoms in total. The lowest BCUT2D eigenvalue weighted by Crippen LogP contribution is -2.47. The number of hydrogen-bond donors (Lipinski definition) is 1. The highest BCUT2D eigenvalue weighted by molar-refractivity contribution is 6.05. The molecule has 1 aliphatic rings. The largest absolute Gasteiger partial charge is 0.336 e. The number of hydrogen-bond acceptors (Lipinski definition) is 3. The van der Waals surface area contributed by atoms with Gasteiger partial charge in [-0.15, -0.1) is 0 Å². The molecule has 1 heterocycles. The van der Waals surface area contributed by atoms with E-state index in [-0.39, 0.29) is 11.8 Å². The number of aryl methyl sites for hydroxylation is 1. The van der Waals surface area contributed by atoms with Crippen LogP contribution in [0.1, 0.15) is 33.2 Å². The van der Waals surface area contributed by atoms with E-state index in [0.717, 1.165) is 38.3 Å². The van der Waals surface area contributed by atoms with Crippen molar-refractivity contribution in [1.29, 1.82) is 0 Å². The van der Waals surface area contributed by atoms with Crippen LogP contribution >= 0.6 is 0 Å². The fourth-order valence-electron chi connectivity index (χ4n) is 2.98. The van der Waals surface area contributed by atoms with Crippen molar-refractivity contribution in [2.24, 2.45) is 0 Å². The molecule has 0 bridgehead atoms. The van der Waals surface area contributed by atoms with Crippen molar-refractivity contribution in [2.75, 3.05) is 38.5 Å². The van der Waals surface area contributed by atoms with Gasteiger partial charge in [-0.2, -0.15) is 0 Å². The molecule has 1 saturated heterocycles. The first-order chi connectivity index (χ1) is 12.6. The van der Waals surface area contributed by atoms with Crippen LogP contribution in [-0.4, -0.2) is 54.8 Å². The quantitative estimate of drug-likeness (QED) is 0.921. The summed E-state index contributed by atoms with van der Waals surface area (Å²) < 4.78 is 0. The number of amides is 2. The number of anilines is 1. The van der Waals surface area contributed by atoms with Gasteiger partial charge in [-0.1, -0.05) is 19.1 Å². The SMILES string of the molecule is CCc1ccc(NC(=O)c2ccc(C(=O)N3CCN(C)CC3)cc2)cc1. The highest BCUT2D eigenvalue weighted by Gasteiger charge is 2.20. The number of carbonyl (C=O) groups is 2. The van der Waals surface area contributed by atoms with Crippen LogP contribution in [0.5, 0.6) is 0 Å². The van der Waals surface area contributed by atoms with E-state index in [1.54, 1.807) is 24.3 Å². The fourth-order valence-corrected chi connectivity index (χ4v) is 2.98. The maximum Gasteiger partial charge on any atom is 0.255 e. The summed E-state index contributed by atoms with van der Waals surface area (Å²) in [5, 5.41) is 2.89. The molecule has 136 valence electrons. The zero-order valence-corrected chi connectivity index (χ0v) is 15.4. The average Bonchev–Trinajstić information content (AvgIpc) is 2.69. The van der Waals surface area contributed by atoms with E-state index < -0.39 is 0 Å². The highest BCUT2D eigenvalue weighted by Crippen LogP contribution is 2.14. The Labute approximate surface area is 154 Å². The van der Waals surface area contributed by atoms with E-state index >= 15 is 0 Å². The summed E-state index contributed by atoms with van der Waals surface area (Å²) in [5.41, 5.74) is 3.16. The Morgan fingerprint density at radius 2 is 1.46 bits per heavy atom. The first kappa shape index (κ1) is 18.1. The summed E-state index contributed by atoms with van der Waals surface area (Å²) >= 11 is 0. The van der Waals surface area contributed by atoms with Crippen LogP contribution in [0, 0.1) is 0 Å². The number of nitrogens with zero attached hydrogens (tertiary/aromatic N) is 2. The van der Waals surface area contributed by atoms with Crippen LogP contribution in [0.15, 0.2) is 48.5 Å². The predicted molar refractivity (Wildman–Crippen MR) is 104 cm³/mol. The number of benzene rings is 2. The molecule has 1 fully saturated rings. The van der Waals surface area contributed by atoms with Crippen molar-refractivity contribution in [2.45, 2.75) is 13.3 Å². The molecule has 1 N–H and O–H groups in total. The lowest BCUT2D eigenvalue weighted by Gasteiger charge is -2.32. The van der Waals surface area contributed by atoms with E-state index in [9.17, 15) is 9.59 Å². The zero-order valence-electron chi connectivity index (χ0n) is 15.4. The minimum Gasteiger partial charge on any atom is -0.336 e. The second-order valence-electron chi connectivity index (χ2n) is 6.68. The van der Waals surface area contributed by atoms with E-state index in [4.69, 9.17) is 0 Å². The van der Waals surface area contributed by atoms with E-state index in [1.165, 1.54) is 5.56 Å². The van der Waals surface area contributed by atoms with Gasteiger partial charge in [0.05, 0.1) is 0 Å². The van der Waals surface area contributed by atoms with E-state index in [0.29, 0.717) is 11.1 Å². The van der Waals surface area contributed by atoms with E-state index in [1.807, 2.05) is 29.2 Å². The number of carbonyl (C=O) groups excluding carboxylic acids is 2. The minimum atomic E-state index is -0.173. The normalized spacial score (nSPS) is 14.9. The van der Waals surface area contributed by atoms with Gasteiger partial charge in [0.1, 0.15) is 0 Å². The molecule has 0 aromatic heterocycles. The van der Waals surface area contributed by atoms with Crippen molar-refractivity contribution >= 4 is 17.5 Å². The molecule has 5 heteroatoms. The van der Waals surface area contributed by atoms with Crippen LogP contribution in [0.25, 0.3) is 0 Å². The topological polar surface area (TPSA) is 52.7 Å². The first-order valence-electron chi connectivity index (χ1n) is 9.05. The van der Waals surface area contributed by atoms with Crippen LogP contribution in [0.3, 0.4) is 0 Å². The monoisotopic (exact) mass is 351 g/mol. The molecule has 0 spiro atoms. The van der Waals surface area contributed by atoms with Gasteiger partial charge >= 0.3 is 0 Å². The fraction of sp³-hybridized carbons (Fsp3) is 0.333. The van der Waals surface area contributed by atoms with Crippen molar-refractivity contribution in [3.8, 4) is 0 Å². The minimum absolute atomic E-state index is 0.0280. The smallest absolute Gasteiger partial charge is 0.255 e. The molecule has 26 heavy (non-hydrogen) atoms. The van der Waals surface area contributed by atoms with Gasteiger partial charge in [0.15, 0.2) is 0 Å². The van der Waals surface area contributed by atoms with Crippen LogP contribution in [0.4, 0.5) is 5.69 Å². The van der Waals surface area contributed by atoms with Gasteiger partial charge in [-0.25, -0.2) is 0 Å². The predicted octanol–water partition coefficient (Wildman–Crippen LogP) is 2.89. The van der Waals surface area contributed by atoms with Crippen molar-refractivity contribution in [3.05, 3.63) is 65.2 Å². The maximum atomic E-state index is 12.5. The Bertz CT molecular complexity index is 761. The van der Waals surface area contributed by atoms with Gasteiger partial charge in [-0.3, -0.25) is 9.59 Å². The summed E-state index contributed by atoms with van der Waals surface area (Å²) in [5.74, 6) is -0.145. The summed E-state index contributed by atoms with van der Waals surface area (Å²) in [6.07, 6.45) is 0.969. The molecule has 0 atom stereocenters.